The molecule has 96 valence electrons. The number of hydrogen-bond acceptors (Lipinski definition) is 2. The molecule has 2 aliphatic carbocycles. The van der Waals surface area contributed by atoms with Crippen LogP contribution in [0.1, 0.15) is 33.1 Å². The molecule has 0 aromatic carbocycles. The fourth-order valence-electron chi connectivity index (χ4n) is 2.61. The number of carboxylic acids is 1. The van der Waals surface area contributed by atoms with Crippen LogP contribution in [-0.2, 0) is 9.59 Å². The Labute approximate surface area is 102 Å². The standard InChI is InChI=1S/C13H21NO3/c1-8(2)6-14(7-12(15)16)13(17)11-5-10(11)9-3-4-9/h8-11H,3-7H2,1-2H3,(H,15,16). The zero-order chi connectivity index (χ0) is 12.6. The summed E-state index contributed by atoms with van der Waals surface area (Å²) >= 11 is 0. The Hall–Kier alpha value is -1.06. The van der Waals surface area contributed by atoms with Gasteiger partial charge in [0.05, 0.1) is 0 Å². The van der Waals surface area contributed by atoms with Crippen LogP contribution in [0.3, 0.4) is 0 Å². The van der Waals surface area contributed by atoms with Gasteiger partial charge in [0.15, 0.2) is 0 Å². The van der Waals surface area contributed by atoms with Gasteiger partial charge in [-0.25, -0.2) is 0 Å². The highest BCUT2D eigenvalue weighted by Crippen LogP contribution is 2.54. The number of amides is 1. The van der Waals surface area contributed by atoms with Crippen molar-refractivity contribution in [2.75, 3.05) is 13.1 Å². The van der Waals surface area contributed by atoms with E-state index in [2.05, 4.69) is 0 Å². The Morgan fingerprint density at radius 3 is 2.47 bits per heavy atom. The van der Waals surface area contributed by atoms with Gasteiger partial charge in [-0.05, 0) is 37.0 Å². The Bertz CT molecular complexity index is 323. The maximum absolute atomic E-state index is 12.2. The first-order valence-electron chi connectivity index (χ1n) is 6.49. The van der Waals surface area contributed by atoms with Gasteiger partial charge in [0, 0.05) is 12.5 Å². The highest BCUT2D eigenvalue weighted by molar-refractivity contribution is 5.85. The minimum absolute atomic E-state index is 0.0676. The molecule has 1 amide bonds. The van der Waals surface area contributed by atoms with Crippen LogP contribution in [0.5, 0.6) is 0 Å². The minimum atomic E-state index is -0.914. The molecule has 0 aromatic rings. The van der Waals surface area contributed by atoms with E-state index in [1.165, 1.54) is 17.7 Å². The average molecular weight is 239 g/mol. The SMILES string of the molecule is CC(C)CN(CC(=O)O)C(=O)C1CC1C1CC1. The Morgan fingerprint density at radius 1 is 1.35 bits per heavy atom. The van der Waals surface area contributed by atoms with E-state index in [1.807, 2.05) is 13.8 Å². The van der Waals surface area contributed by atoms with Crippen LogP contribution in [0.4, 0.5) is 0 Å². The minimum Gasteiger partial charge on any atom is -0.480 e. The molecule has 0 spiro atoms. The topological polar surface area (TPSA) is 57.6 Å². The lowest BCUT2D eigenvalue weighted by Crippen LogP contribution is -2.39. The van der Waals surface area contributed by atoms with E-state index < -0.39 is 5.97 Å². The second kappa shape index (κ2) is 4.67. The predicted molar refractivity (Wildman–Crippen MR) is 63.4 cm³/mol. The van der Waals surface area contributed by atoms with Crippen LogP contribution < -0.4 is 0 Å². The summed E-state index contributed by atoms with van der Waals surface area (Å²) in [6.07, 6.45) is 3.51. The van der Waals surface area contributed by atoms with Gasteiger partial charge in [0.1, 0.15) is 6.54 Å². The van der Waals surface area contributed by atoms with Crippen molar-refractivity contribution in [3.05, 3.63) is 0 Å². The molecule has 2 atom stereocenters. The number of nitrogens with zero attached hydrogens (tertiary/aromatic N) is 1. The maximum atomic E-state index is 12.2. The van der Waals surface area contributed by atoms with Crippen molar-refractivity contribution in [1.29, 1.82) is 0 Å². The summed E-state index contributed by atoms with van der Waals surface area (Å²) in [6.45, 7) is 4.42. The third-order valence-electron chi connectivity index (χ3n) is 3.61. The van der Waals surface area contributed by atoms with Crippen LogP contribution >= 0.6 is 0 Å². The summed E-state index contributed by atoms with van der Waals surface area (Å²) in [5.74, 6) is 0.915. The quantitative estimate of drug-likeness (QED) is 0.766. The normalized spacial score (nSPS) is 27.0. The van der Waals surface area contributed by atoms with E-state index in [1.54, 1.807) is 0 Å². The molecule has 2 rings (SSSR count). The molecule has 4 nitrogen and oxygen atoms in total. The molecule has 0 aliphatic heterocycles. The monoisotopic (exact) mass is 239 g/mol. The third-order valence-corrected chi connectivity index (χ3v) is 3.61. The average Bonchev–Trinajstić information content (AvgIpc) is 3.04. The second-order valence-electron chi connectivity index (χ2n) is 5.85. The van der Waals surface area contributed by atoms with Crippen molar-refractivity contribution >= 4 is 11.9 Å². The van der Waals surface area contributed by atoms with Gasteiger partial charge in [-0.1, -0.05) is 13.8 Å². The molecule has 17 heavy (non-hydrogen) atoms. The van der Waals surface area contributed by atoms with Gasteiger partial charge in [-0.2, -0.15) is 0 Å². The Balaban J connectivity index is 1.89. The number of aliphatic carboxylic acids is 1. The number of rotatable bonds is 6. The number of carbonyl (C=O) groups excluding carboxylic acids is 1. The number of hydrogen-bond donors (Lipinski definition) is 1. The summed E-state index contributed by atoms with van der Waals surface area (Å²) in [4.78, 5) is 24.5. The third kappa shape index (κ3) is 3.20. The molecule has 0 saturated heterocycles. The molecule has 2 saturated carbocycles. The van der Waals surface area contributed by atoms with Gasteiger partial charge in [-0.3, -0.25) is 9.59 Å². The highest BCUT2D eigenvalue weighted by atomic mass is 16.4. The predicted octanol–water partition coefficient (Wildman–Crippen LogP) is 1.60. The summed E-state index contributed by atoms with van der Waals surface area (Å²) in [5.41, 5.74) is 0. The van der Waals surface area contributed by atoms with Gasteiger partial charge < -0.3 is 10.0 Å². The lowest BCUT2D eigenvalue weighted by molar-refractivity contribution is -0.145. The van der Waals surface area contributed by atoms with Gasteiger partial charge in [0.2, 0.25) is 5.91 Å². The highest BCUT2D eigenvalue weighted by Gasteiger charge is 2.52. The first kappa shape index (κ1) is 12.4. The van der Waals surface area contributed by atoms with Crippen LogP contribution in [0.25, 0.3) is 0 Å². The molecule has 1 N–H and O–H groups in total. The van der Waals surface area contributed by atoms with E-state index in [0.29, 0.717) is 18.4 Å². The van der Waals surface area contributed by atoms with E-state index in [-0.39, 0.29) is 18.4 Å². The van der Waals surface area contributed by atoms with Gasteiger partial charge >= 0.3 is 5.97 Å². The maximum Gasteiger partial charge on any atom is 0.323 e. The Kier molecular flexibility index (Phi) is 3.40. The second-order valence-corrected chi connectivity index (χ2v) is 5.85. The zero-order valence-corrected chi connectivity index (χ0v) is 10.6. The van der Waals surface area contributed by atoms with E-state index in [0.717, 1.165) is 12.3 Å². The largest absolute Gasteiger partial charge is 0.480 e. The first-order valence-corrected chi connectivity index (χ1v) is 6.49. The van der Waals surface area contributed by atoms with Crippen molar-refractivity contribution in [2.24, 2.45) is 23.7 Å². The smallest absolute Gasteiger partial charge is 0.323 e. The molecular weight excluding hydrogens is 218 g/mol. The molecular formula is C13H21NO3. The molecule has 0 radical (unpaired) electrons. The van der Waals surface area contributed by atoms with E-state index >= 15 is 0 Å². The Morgan fingerprint density at radius 2 is 2.00 bits per heavy atom. The lowest BCUT2D eigenvalue weighted by atomic mass is 10.1. The van der Waals surface area contributed by atoms with Crippen LogP contribution in [0, 0.1) is 23.7 Å². The molecule has 0 aromatic heterocycles. The number of carboxylic acid groups (broad SMARTS) is 1. The molecule has 2 unspecified atom stereocenters. The molecule has 4 heteroatoms. The number of carbonyl (C=O) groups is 2. The summed E-state index contributed by atoms with van der Waals surface area (Å²) < 4.78 is 0. The fourth-order valence-corrected chi connectivity index (χ4v) is 2.61. The van der Waals surface area contributed by atoms with Crippen LogP contribution in [0.2, 0.25) is 0 Å². The van der Waals surface area contributed by atoms with Crippen molar-refractivity contribution in [1.82, 2.24) is 4.90 Å². The molecule has 2 fully saturated rings. The summed E-state index contributed by atoms with van der Waals surface area (Å²) in [5, 5.41) is 8.84. The van der Waals surface area contributed by atoms with Crippen molar-refractivity contribution in [3.63, 3.8) is 0 Å². The van der Waals surface area contributed by atoms with E-state index in [4.69, 9.17) is 5.11 Å². The molecule has 0 heterocycles. The zero-order valence-electron chi connectivity index (χ0n) is 10.6. The molecule has 2 aliphatic rings. The van der Waals surface area contributed by atoms with Gasteiger partial charge in [-0.15, -0.1) is 0 Å². The van der Waals surface area contributed by atoms with Crippen LogP contribution in [-0.4, -0.2) is 35.0 Å². The van der Waals surface area contributed by atoms with Crippen molar-refractivity contribution < 1.29 is 14.7 Å². The summed E-state index contributed by atoms with van der Waals surface area (Å²) in [6, 6.07) is 0. The van der Waals surface area contributed by atoms with Crippen LogP contribution in [0.15, 0.2) is 0 Å². The van der Waals surface area contributed by atoms with E-state index in [9.17, 15) is 9.59 Å². The van der Waals surface area contributed by atoms with Crippen molar-refractivity contribution in [2.45, 2.75) is 33.1 Å². The summed E-state index contributed by atoms with van der Waals surface area (Å²) in [7, 11) is 0. The first-order chi connectivity index (χ1) is 7.99. The van der Waals surface area contributed by atoms with Crippen molar-refractivity contribution in [3.8, 4) is 0 Å². The molecule has 0 bridgehead atoms. The van der Waals surface area contributed by atoms with Gasteiger partial charge in [0.25, 0.3) is 0 Å². The fraction of sp³-hybridized carbons (Fsp3) is 0.846. The lowest BCUT2D eigenvalue weighted by Gasteiger charge is -2.23.